The van der Waals surface area contributed by atoms with Crippen LogP contribution in [-0.2, 0) is 13.0 Å². The minimum atomic E-state index is 0.597. The van der Waals surface area contributed by atoms with Gasteiger partial charge in [-0.1, -0.05) is 91.0 Å². The predicted molar refractivity (Wildman–Crippen MR) is 106 cm³/mol. The lowest BCUT2D eigenvalue weighted by Gasteiger charge is -2.09. The van der Waals surface area contributed by atoms with Gasteiger partial charge in [0.05, 0.1) is 0 Å². The highest BCUT2D eigenvalue weighted by atomic mass is 16.5. The van der Waals surface area contributed by atoms with Gasteiger partial charge in [-0.05, 0) is 36.5 Å². The van der Waals surface area contributed by atoms with Crippen LogP contribution in [0.1, 0.15) is 29.5 Å². The molecule has 1 nitrogen and oxygen atoms in total. The number of unbranched alkanes of at least 4 members (excludes halogenated alkanes) is 1. The molecule has 0 N–H and O–H groups in total. The van der Waals surface area contributed by atoms with Crippen LogP contribution < -0.4 is 4.74 Å². The molecule has 3 rings (SSSR count). The normalized spacial score (nSPS) is 10.9. The number of hydrogen-bond donors (Lipinski definition) is 0. The van der Waals surface area contributed by atoms with E-state index in [4.69, 9.17) is 4.74 Å². The quantitative estimate of drug-likeness (QED) is 0.441. The highest BCUT2D eigenvalue weighted by Gasteiger charge is 2.00. The van der Waals surface area contributed by atoms with Crippen molar-refractivity contribution in [1.82, 2.24) is 0 Å². The molecule has 0 aromatic heterocycles. The van der Waals surface area contributed by atoms with Crippen LogP contribution in [-0.4, -0.2) is 0 Å². The van der Waals surface area contributed by atoms with Crippen molar-refractivity contribution >= 4 is 6.08 Å². The first-order valence-electron chi connectivity index (χ1n) is 8.88. The van der Waals surface area contributed by atoms with Crippen molar-refractivity contribution in [2.45, 2.75) is 25.9 Å². The molecule has 0 spiro atoms. The van der Waals surface area contributed by atoms with E-state index in [1.807, 2.05) is 30.3 Å². The van der Waals surface area contributed by atoms with E-state index in [0.717, 1.165) is 30.6 Å². The van der Waals surface area contributed by atoms with Gasteiger partial charge < -0.3 is 4.74 Å². The van der Waals surface area contributed by atoms with Gasteiger partial charge in [-0.15, -0.1) is 0 Å². The third-order valence-electron chi connectivity index (χ3n) is 4.13. The minimum Gasteiger partial charge on any atom is -0.488 e. The average molecular weight is 328 g/mol. The maximum atomic E-state index is 6.00. The number of rotatable bonds is 8. The summed E-state index contributed by atoms with van der Waals surface area (Å²) < 4.78 is 6.00. The molecule has 1 heteroatoms. The Labute approximate surface area is 150 Å². The summed E-state index contributed by atoms with van der Waals surface area (Å²) >= 11 is 0. The molecule has 0 aliphatic rings. The Bertz CT molecular complexity index is 775. The van der Waals surface area contributed by atoms with Gasteiger partial charge in [-0.2, -0.15) is 0 Å². The fourth-order valence-electron chi connectivity index (χ4n) is 2.76. The van der Waals surface area contributed by atoms with E-state index in [0.29, 0.717) is 6.61 Å². The van der Waals surface area contributed by atoms with Gasteiger partial charge in [0.1, 0.15) is 12.4 Å². The fourth-order valence-corrected chi connectivity index (χ4v) is 2.76. The summed E-state index contributed by atoms with van der Waals surface area (Å²) in [6.07, 6.45) is 7.77. The maximum absolute atomic E-state index is 6.00. The van der Waals surface area contributed by atoms with Gasteiger partial charge in [0.25, 0.3) is 0 Å². The van der Waals surface area contributed by atoms with Crippen LogP contribution in [0.15, 0.2) is 91.0 Å². The number of ether oxygens (including phenoxy) is 1. The third-order valence-corrected chi connectivity index (χ3v) is 4.13. The number of hydrogen-bond acceptors (Lipinski definition) is 1. The molecule has 0 saturated carbocycles. The molecular weight excluding hydrogens is 304 g/mol. The summed E-state index contributed by atoms with van der Waals surface area (Å²) in [6, 6.07) is 29.1. The first-order valence-corrected chi connectivity index (χ1v) is 8.88. The van der Waals surface area contributed by atoms with Gasteiger partial charge in [-0.25, -0.2) is 0 Å². The van der Waals surface area contributed by atoms with Crippen LogP contribution in [0.2, 0.25) is 0 Å². The van der Waals surface area contributed by atoms with E-state index in [9.17, 15) is 0 Å². The predicted octanol–water partition coefficient (Wildman–Crippen LogP) is 6.30. The van der Waals surface area contributed by atoms with Crippen molar-refractivity contribution in [3.05, 3.63) is 108 Å². The average Bonchev–Trinajstić information content (AvgIpc) is 2.68. The Balaban J connectivity index is 1.51. The molecule has 0 saturated heterocycles. The van der Waals surface area contributed by atoms with Crippen LogP contribution in [0.4, 0.5) is 0 Å². The number of benzene rings is 3. The zero-order valence-corrected chi connectivity index (χ0v) is 14.5. The molecule has 3 aromatic carbocycles. The molecule has 0 heterocycles. The molecule has 0 bridgehead atoms. The Morgan fingerprint density at radius 2 is 1.32 bits per heavy atom. The van der Waals surface area contributed by atoms with E-state index >= 15 is 0 Å². The number of allylic oxidation sites excluding steroid dienone is 1. The molecule has 0 aliphatic heterocycles. The molecule has 126 valence electrons. The lowest BCUT2D eigenvalue weighted by Crippen LogP contribution is -1.96. The van der Waals surface area contributed by atoms with Crippen LogP contribution >= 0.6 is 0 Å². The summed E-state index contributed by atoms with van der Waals surface area (Å²) in [6.45, 7) is 0.597. The maximum Gasteiger partial charge on any atom is 0.127 e. The zero-order valence-electron chi connectivity index (χ0n) is 14.5. The lowest BCUT2D eigenvalue weighted by atomic mass is 10.1. The summed E-state index contributed by atoms with van der Waals surface area (Å²) in [7, 11) is 0. The minimum absolute atomic E-state index is 0.597. The van der Waals surface area contributed by atoms with E-state index in [1.54, 1.807) is 0 Å². The summed E-state index contributed by atoms with van der Waals surface area (Å²) in [5.74, 6) is 0.936. The van der Waals surface area contributed by atoms with Gasteiger partial charge in [0.2, 0.25) is 0 Å². The van der Waals surface area contributed by atoms with Gasteiger partial charge in [0, 0.05) is 5.56 Å². The van der Waals surface area contributed by atoms with Gasteiger partial charge in [0.15, 0.2) is 0 Å². The number of para-hydroxylation sites is 1. The Kier molecular flexibility index (Phi) is 6.46. The monoisotopic (exact) mass is 328 g/mol. The van der Waals surface area contributed by atoms with Crippen LogP contribution in [0.25, 0.3) is 6.08 Å². The zero-order chi connectivity index (χ0) is 17.2. The van der Waals surface area contributed by atoms with E-state index in [2.05, 4.69) is 66.7 Å². The van der Waals surface area contributed by atoms with Crippen LogP contribution in [0, 0.1) is 0 Å². The molecule has 0 radical (unpaired) electrons. The van der Waals surface area contributed by atoms with Gasteiger partial charge >= 0.3 is 0 Å². The summed E-state index contributed by atoms with van der Waals surface area (Å²) in [4.78, 5) is 0. The highest BCUT2D eigenvalue weighted by Crippen LogP contribution is 2.21. The van der Waals surface area contributed by atoms with Crippen LogP contribution in [0.3, 0.4) is 0 Å². The largest absolute Gasteiger partial charge is 0.488 e. The second-order valence-electron chi connectivity index (χ2n) is 6.09. The topological polar surface area (TPSA) is 9.23 Å². The van der Waals surface area contributed by atoms with Gasteiger partial charge in [-0.3, -0.25) is 0 Å². The Morgan fingerprint density at radius 1 is 0.680 bits per heavy atom. The molecule has 3 aromatic rings. The first-order chi connectivity index (χ1) is 12.4. The second-order valence-corrected chi connectivity index (χ2v) is 6.09. The first kappa shape index (κ1) is 17.0. The molecule has 0 unspecified atom stereocenters. The molecule has 0 fully saturated rings. The van der Waals surface area contributed by atoms with Crippen molar-refractivity contribution in [2.75, 3.05) is 0 Å². The third kappa shape index (κ3) is 5.65. The molecule has 25 heavy (non-hydrogen) atoms. The fraction of sp³-hybridized carbons (Fsp3) is 0.167. The summed E-state index contributed by atoms with van der Waals surface area (Å²) in [5, 5.41) is 0. The van der Waals surface area contributed by atoms with E-state index in [-0.39, 0.29) is 0 Å². The van der Waals surface area contributed by atoms with Crippen molar-refractivity contribution in [3.63, 3.8) is 0 Å². The van der Waals surface area contributed by atoms with Crippen molar-refractivity contribution in [3.8, 4) is 5.75 Å². The smallest absolute Gasteiger partial charge is 0.127 e. The standard InChI is InChI=1S/C24H24O/c1-4-12-21(13-5-1)14-6-3-9-17-23-18-10-11-19-24(23)25-20-22-15-7-2-8-16-22/h1-2,4-5,7-13,15-19H,3,6,14,20H2/b17-9+. The molecule has 0 atom stereocenters. The molecule has 0 aliphatic carbocycles. The Morgan fingerprint density at radius 3 is 2.08 bits per heavy atom. The van der Waals surface area contributed by atoms with E-state index in [1.165, 1.54) is 11.1 Å². The lowest BCUT2D eigenvalue weighted by molar-refractivity contribution is 0.305. The highest BCUT2D eigenvalue weighted by molar-refractivity contribution is 5.57. The molecule has 0 amide bonds. The van der Waals surface area contributed by atoms with E-state index < -0.39 is 0 Å². The SMILES string of the molecule is C(=C\c1ccccc1OCc1ccccc1)/CCCc1ccccc1. The second kappa shape index (κ2) is 9.48. The number of aryl methyl sites for hydroxylation is 1. The van der Waals surface area contributed by atoms with Crippen molar-refractivity contribution in [1.29, 1.82) is 0 Å². The van der Waals surface area contributed by atoms with Crippen molar-refractivity contribution in [2.24, 2.45) is 0 Å². The van der Waals surface area contributed by atoms with Crippen molar-refractivity contribution < 1.29 is 4.74 Å². The van der Waals surface area contributed by atoms with Crippen LogP contribution in [0.5, 0.6) is 5.75 Å². The summed E-state index contributed by atoms with van der Waals surface area (Å²) in [5.41, 5.74) is 3.73. The molecular formula is C24H24O. The Hall–Kier alpha value is -2.80.